The minimum atomic E-state index is -0.324. The van der Waals surface area contributed by atoms with E-state index >= 15 is 0 Å². The molecule has 0 aliphatic heterocycles. The highest BCUT2D eigenvalue weighted by molar-refractivity contribution is 7.98. The number of carbonyl (C=O) groups excluding carboxylic acids is 1. The summed E-state index contributed by atoms with van der Waals surface area (Å²) < 4.78 is 5.32. The van der Waals surface area contributed by atoms with Gasteiger partial charge >= 0.3 is 0 Å². The summed E-state index contributed by atoms with van der Waals surface area (Å²) in [5.74, 6) is 6.25. The number of hydrogen-bond donors (Lipinski definition) is 2. The molecule has 0 atom stereocenters. The molecule has 0 heterocycles. The van der Waals surface area contributed by atoms with Crippen molar-refractivity contribution in [1.29, 1.82) is 0 Å². The Morgan fingerprint density at radius 2 is 2.00 bits per heavy atom. The number of nitrogens with one attached hydrogen (secondary N) is 1. The third-order valence-corrected chi connectivity index (χ3v) is 4.19. The average molecular weight is 323 g/mol. The van der Waals surface area contributed by atoms with Gasteiger partial charge in [-0.15, -0.1) is 11.8 Å². The van der Waals surface area contributed by atoms with Gasteiger partial charge in [0, 0.05) is 26.8 Å². The van der Waals surface area contributed by atoms with Crippen molar-refractivity contribution in [2.24, 2.45) is 5.84 Å². The van der Waals surface area contributed by atoms with Crippen LogP contribution < -0.4 is 16.0 Å². The number of hydrazine groups is 1. The van der Waals surface area contributed by atoms with Gasteiger partial charge in [0.15, 0.2) is 0 Å². The Hall–Kier alpha value is -1.69. The number of nitrogen functional groups attached to an aromatic ring is 1. The first-order valence-corrected chi connectivity index (χ1v) is 7.56. The Morgan fingerprint density at radius 1 is 1.29 bits per heavy atom. The van der Waals surface area contributed by atoms with E-state index in [9.17, 15) is 4.79 Å². The molecule has 0 aliphatic carbocycles. The second kappa shape index (κ2) is 7.36. The van der Waals surface area contributed by atoms with Crippen LogP contribution >= 0.6 is 23.4 Å². The molecule has 0 unspecified atom stereocenters. The summed E-state index contributed by atoms with van der Waals surface area (Å²) in [6, 6.07) is 12.8. The van der Waals surface area contributed by atoms with Crippen LogP contribution in [0.4, 0.5) is 0 Å². The number of hydrogen-bond acceptors (Lipinski definition) is 4. The largest absolute Gasteiger partial charge is 0.496 e. The van der Waals surface area contributed by atoms with Crippen LogP contribution in [0.3, 0.4) is 0 Å². The minimum Gasteiger partial charge on any atom is -0.496 e. The van der Waals surface area contributed by atoms with Gasteiger partial charge < -0.3 is 4.74 Å². The van der Waals surface area contributed by atoms with E-state index in [1.165, 1.54) is 0 Å². The van der Waals surface area contributed by atoms with Gasteiger partial charge in [0.2, 0.25) is 0 Å². The topological polar surface area (TPSA) is 64.3 Å². The van der Waals surface area contributed by atoms with Crippen molar-refractivity contribution in [2.75, 3.05) is 7.11 Å². The van der Waals surface area contributed by atoms with Crippen LogP contribution in [0.5, 0.6) is 5.75 Å². The zero-order valence-electron chi connectivity index (χ0n) is 11.4. The van der Waals surface area contributed by atoms with Crippen molar-refractivity contribution in [2.45, 2.75) is 10.6 Å². The number of methoxy groups -OCH3 is 1. The summed E-state index contributed by atoms with van der Waals surface area (Å²) in [5, 5.41) is 0.707. The average Bonchev–Trinajstić information content (AvgIpc) is 2.53. The standard InChI is InChI=1S/C15H15ClN2O2S/c1-20-14-7-2-10(15(19)18-17)8-11(14)9-21-13-5-3-12(16)4-6-13/h2-8H,9,17H2,1H3,(H,18,19). The second-order valence-electron chi connectivity index (χ2n) is 4.24. The molecule has 1 amide bonds. The first-order valence-electron chi connectivity index (χ1n) is 6.20. The summed E-state index contributed by atoms with van der Waals surface area (Å²) in [4.78, 5) is 12.7. The van der Waals surface area contributed by atoms with Crippen LogP contribution in [0.1, 0.15) is 15.9 Å². The van der Waals surface area contributed by atoms with E-state index in [0.717, 1.165) is 16.2 Å². The molecular weight excluding hydrogens is 308 g/mol. The van der Waals surface area contributed by atoms with Crippen molar-refractivity contribution in [1.82, 2.24) is 5.43 Å². The minimum absolute atomic E-state index is 0.324. The molecule has 0 aliphatic rings. The SMILES string of the molecule is COc1ccc(C(=O)NN)cc1CSc1ccc(Cl)cc1. The molecule has 0 radical (unpaired) electrons. The van der Waals surface area contributed by atoms with E-state index < -0.39 is 0 Å². The number of halogens is 1. The van der Waals surface area contributed by atoms with Crippen LogP contribution in [0.25, 0.3) is 0 Å². The molecule has 0 spiro atoms. The third-order valence-electron chi connectivity index (χ3n) is 2.88. The van der Waals surface area contributed by atoms with Crippen LogP contribution in [-0.2, 0) is 5.75 Å². The van der Waals surface area contributed by atoms with Gasteiger partial charge in [-0.2, -0.15) is 0 Å². The fourth-order valence-corrected chi connectivity index (χ4v) is 2.81. The molecule has 6 heteroatoms. The van der Waals surface area contributed by atoms with E-state index in [1.807, 2.05) is 24.3 Å². The molecule has 4 nitrogen and oxygen atoms in total. The number of nitrogens with two attached hydrogens (primary N) is 1. The van der Waals surface area contributed by atoms with Gasteiger partial charge in [0.05, 0.1) is 7.11 Å². The van der Waals surface area contributed by atoms with Crippen molar-refractivity contribution >= 4 is 29.3 Å². The van der Waals surface area contributed by atoms with Crippen molar-refractivity contribution < 1.29 is 9.53 Å². The maximum Gasteiger partial charge on any atom is 0.265 e. The summed E-state index contributed by atoms with van der Waals surface area (Å²) in [6.45, 7) is 0. The number of amides is 1. The van der Waals surface area contributed by atoms with Crippen molar-refractivity contribution in [3.05, 3.63) is 58.6 Å². The van der Waals surface area contributed by atoms with Crippen LogP contribution in [0.2, 0.25) is 5.02 Å². The molecule has 21 heavy (non-hydrogen) atoms. The van der Waals surface area contributed by atoms with Gasteiger partial charge in [-0.1, -0.05) is 11.6 Å². The smallest absolute Gasteiger partial charge is 0.265 e. The van der Waals surface area contributed by atoms with E-state index in [1.54, 1.807) is 37.1 Å². The summed E-state index contributed by atoms with van der Waals surface area (Å²) in [6.07, 6.45) is 0. The highest BCUT2D eigenvalue weighted by atomic mass is 35.5. The zero-order chi connectivity index (χ0) is 15.2. The molecule has 2 aromatic carbocycles. The van der Waals surface area contributed by atoms with Crippen LogP contribution in [0, 0.1) is 0 Å². The molecular formula is C15H15ClN2O2S. The number of rotatable bonds is 5. The second-order valence-corrected chi connectivity index (χ2v) is 5.73. The molecule has 2 rings (SSSR count). The van der Waals surface area contributed by atoms with E-state index in [4.69, 9.17) is 22.2 Å². The fourth-order valence-electron chi connectivity index (χ4n) is 1.81. The fraction of sp³-hybridized carbons (Fsp3) is 0.133. The number of ether oxygens (including phenoxy) is 1. The normalized spacial score (nSPS) is 10.2. The lowest BCUT2D eigenvalue weighted by atomic mass is 10.1. The lowest BCUT2D eigenvalue weighted by molar-refractivity contribution is 0.0953. The zero-order valence-corrected chi connectivity index (χ0v) is 13.0. The summed E-state index contributed by atoms with van der Waals surface area (Å²) >= 11 is 7.50. The maximum atomic E-state index is 11.6. The number of thioether (sulfide) groups is 1. The highest BCUT2D eigenvalue weighted by Gasteiger charge is 2.09. The molecule has 3 N–H and O–H groups in total. The van der Waals surface area contributed by atoms with E-state index in [0.29, 0.717) is 16.3 Å². The summed E-state index contributed by atoms with van der Waals surface area (Å²) in [7, 11) is 1.61. The van der Waals surface area contributed by atoms with Crippen LogP contribution in [-0.4, -0.2) is 13.0 Å². The number of benzene rings is 2. The molecule has 2 aromatic rings. The van der Waals surface area contributed by atoms with E-state index in [-0.39, 0.29) is 5.91 Å². The highest BCUT2D eigenvalue weighted by Crippen LogP contribution is 2.29. The van der Waals surface area contributed by atoms with Crippen molar-refractivity contribution in [3.8, 4) is 5.75 Å². The van der Waals surface area contributed by atoms with Gasteiger partial charge in [-0.05, 0) is 42.5 Å². The molecule has 0 aromatic heterocycles. The molecule has 0 saturated carbocycles. The van der Waals surface area contributed by atoms with Gasteiger partial charge in [-0.25, -0.2) is 5.84 Å². The summed E-state index contributed by atoms with van der Waals surface area (Å²) in [5.41, 5.74) is 3.56. The lowest BCUT2D eigenvalue weighted by Gasteiger charge is -2.10. The van der Waals surface area contributed by atoms with E-state index in [2.05, 4.69) is 5.43 Å². The van der Waals surface area contributed by atoms with Crippen LogP contribution in [0.15, 0.2) is 47.4 Å². The predicted molar refractivity (Wildman–Crippen MR) is 85.7 cm³/mol. The monoisotopic (exact) mass is 322 g/mol. The quantitative estimate of drug-likeness (QED) is 0.384. The third kappa shape index (κ3) is 4.14. The first-order chi connectivity index (χ1) is 10.1. The molecule has 0 bridgehead atoms. The lowest BCUT2D eigenvalue weighted by Crippen LogP contribution is -2.30. The van der Waals surface area contributed by atoms with Gasteiger partial charge in [0.25, 0.3) is 5.91 Å². The van der Waals surface area contributed by atoms with Crippen molar-refractivity contribution in [3.63, 3.8) is 0 Å². The van der Waals surface area contributed by atoms with Gasteiger partial charge in [-0.3, -0.25) is 10.2 Å². The number of carbonyl (C=O) groups is 1. The Kier molecular flexibility index (Phi) is 5.50. The first kappa shape index (κ1) is 15.7. The molecule has 0 saturated heterocycles. The Bertz CT molecular complexity index is 632. The Balaban J connectivity index is 2.17. The molecule has 110 valence electrons. The maximum absolute atomic E-state index is 11.6. The predicted octanol–water partition coefficient (Wildman–Crippen LogP) is 3.24. The van der Waals surface area contributed by atoms with Gasteiger partial charge in [0.1, 0.15) is 5.75 Å². The Labute approximate surface area is 132 Å². The Morgan fingerprint density at radius 3 is 2.62 bits per heavy atom. The molecule has 0 fully saturated rings.